The second-order valence-electron chi connectivity index (χ2n) is 4.90. The Morgan fingerprint density at radius 2 is 2.21 bits per heavy atom. The van der Waals surface area contributed by atoms with Crippen LogP contribution in [0, 0.1) is 0 Å². The van der Waals surface area contributed by atoms with E-state index in [0.717, 1.165) is 0 Å². The first-order valence-corrected chi connectivity index (χ1v) is 6.08. The Hall–Kier alpha value is -2.15. The van der Waals surface area contributed by atoms with Gasteiger partial charge in [0.15, 0.2) is 5.65 Å². The average molecular weight is 262 g/mol. The van der Waals surface area contributed by atoms with E-state index in [9.17, 15) is 9.59 Å². The smallest absolute Gasteiger partial charge is 0.278 e. The first-order chi connectivity index (χ1) is 9.02. The van der Waals surface area contributed by atoms with Crippen LogP contribution in [0.5, 0.6) is 0 Å². The van der Waals surface area contributed by atoms with E-state index in [4.69, 9.17) is 5.11 Å². The minimum absolute atomic E-state index is 0.0254. The zero-order chi connectivity index (χ0) is 13.7. The number of H-pyrrole nitrogens is 1. The second kappa shape index (κ2) is 3.92. The monoisotopic (exact) mass is 262 g/mol. The van der Waals surface area contributed by atoms with E-state index in [1.165, 1.54) is 4.52 Å². The van der Waals surface area contributed by atoms with Crippen LogP contribution in [0.3, 0.4) is 0 Å². The zero-order valence-electron chi connectivity index (χ0n) is 10.7. The van der Waals surface area contributed by atoms with Crippen molar-refractivity contribution in [1.82, 2.24) is 19.5 Å². The molecule has 1 amide bonds. The SMILES string of the molecule is CC(C)N1Cc2c(nc3cc(CO)[nH]n3c2=O)C1=O. The number of aromatic nitrogens is 3. The molecule has 0 radical (unpaired) electrons. The molecule has 0 fully saturated rings. The maximum Gasteiger partial charge on any atom is 0.278 e. The number of nitrogens with zero attached hydrogens (tertiary/aromatic N) is 3. The van der Waals surface area contributed by atoms with Gasteiger partial charge in [0, 0.05) is 12.1 Å². The molecule has 2 aromatic heterocycles. The molecule has 0 aliphatic carbocycles. The van der Waals surface area contributed by atoms with Crippen molar-refractivity contribution in [3.05, 3.63) is 33.4 Å². The van der Waals surface area contributed by atoms with Gasteiger partial charge in [0.25, 0.3) is 11.5 Å². The molecule has 3 heterocycles. The molecule has 3 rings (SSSR count). The van der Waals surface area contributed by atoms with Crippen molar-refractivity contribution in [3.8, 4) is 0 Å². The lowest BCUT2D eigenvalue weighted by Gasteiger charge is -2.19. The molecular formula is C12H14N4O3. The molecule has 2 N–H and O–H groups in total. The van der Waals surface area contributed by atoms with Crippen LogP contribution in [0.25, 0.3) is 5.65 Å². The van der Waals surface area contributed by atoms with Gasteiger partial charge in [-0.3, -0.25) is 14.7 Å². The third kappa shape index (κ3) is 1.58. The molecule has 0 unspecified atom stereocenters. The van der Waals surface area contributed by atoms with Crippen molar-refractivity contribution in [2.75, 3.05) is 0 Å². The van der Waals surface area contributed by atoms with Crippen molar-refractivity contribution >= 4 is 11.6 Å². The van der Waals surface area contributed by atoms with Gasteiger partial charge in [-0.25, -0.2) is 9.50 Å². The zero-order valence-corrected chi connectivity index (χ0v) is 10.7. The quantitative estimate of drug-likeness (QED) is 0.789. The van der Waals surface area contributed by atoms with Gasteiger partial charge in [0.05, 0.1) is 24.4 Å². The molecular weight excluding hydrogens is 248 g/mol. The third-order valence-corrected chi connectivity index (χ3v) is 3.35. The summed E-state index contributed by atoms with van der Waals surface area (Å²) < 4.78 is 1.27. The van der Waals surface area contributed by atoms with Crippen LogP contribution >= 0.6 is 0 Å². The number of aliphatic hydroxyl groups excluding tert-OH is 1. The van der Waals surface area contributed by atoms with E-state index in [0.29, 0.717) is 16.9 Å². The number of nitrogens with one attached hydrogen (secondary N) is 1. The van der Waals surface area contributed by atoms with Crippen LogP contribution in [0.2, 0.25) is 0 Å². The Labute approximate surface area is 108 Å². The van der Waals surface area contributed by atoms with E-state index >= 15 is 0 Å². The van der Waals surface area contributed by atoms with Crippen molar-refractivity contribution in [2.45, 2.75) is 33.0 Å². The van der Waals surface area contributed by atoms with Crippen molar-refractivity contribution < 1.29 is 9.90 Å². The lowest BCUT2D eigenvalue weighted by atomic mass is 10.2. The highest BCUT2D eigenvalue weighted by Gasteiger charge is 2.33. The van der Waals surface area contributed by atoms with Gasteiger partial charge >= 0.3 is 0 Å². The number of fused-ring (bicyclic) bond motifs is 2. The fourth-order valence-corrected chi connectivity index (χ4v) is 2.30. The van der Waals surface area contributed by atoms with E-state index in [1.807, 2.05) is 13.8 Å². The molecule has 2 aromatic rings. The van der Waals surface area contributed by atoms with E-state index < -0.39 is 0 Å². The maximum absolute atomic E-state index is 12.3. The molecule has 1 aliphatic rings. The van der Waals surface area contributed by atoms with E-state index in [2.05, 4.69) is 10.1 Å². The number of hydrogen-bond donors (Lipinski definition) is 2. The normalized spacial score (nSPS) is 14.7. The van der Waals surface area contributed by atoms with E-state index in [-0.39, 0.29) is 36.4 Å². The molecule has 7 heteroatoms. The summed E-state index contributed by atoms with van der Waals surface area (Å²) in [6.07, 6.45) is 0. The Kier molecular flexibility index (Phi) is 2.46. The number of carbonyl (C=O) groups is 1. The average Bonchev–Trinajstić information content (AvgIpc) is 2.92. The van der Waals surface area contributed by atoms with Crippen LogP contribution < -0.4 is 5.56 Å². The van der Waals surface area contributed by atoms with Crippen LogP contribution in [0.1, 0.15) is 35.6 Å². The van der Waals surface area contributed by atoms with Crippen LogP contribution in [0.15, 0.2) is 10.9 Å². The summed E-state index contributed by atoms with van der Waals surface area (Å²) in [7, 11) is 0. The fraction of sp³-hybridized carbons (Fsp3) is 0.417. The highest BCUT2D eigenvalue weighted by Crippen LogP contribution is 2.21. The molecule has 0 saturated carbocycles. The van der Waals surface area contributed by atoms with Gasteiger partial charge < -0.3 is 10.0 Å². The summed E-state index contributed by atoms with van der Waals surface area (Å²) in [5.74, 6) is -0.212. The lowest BCUT2D eigenvalue weighted by molar-refractivity contribution is 0.0726. The number of aromatic amines is 1. The van der Waals surface area contributed by atoms with Gasteiger partial charge in [-0.2, -0.15) is 0 Å². The number of rotatable bonds is 2. The minimum atomic E-state index is -0.281. The van der Waals surface area contributed by atoms with Gasteiger partial charge in [-0.1, -0.05) is 0 Å². The predicted molar refractivity (Wildman–Crippen MR) is 66.7 cm³/mol. The number of amides is 1. The Morgan fingerprint density at radius 3 is 2.84 bits per heavy atom. The minimum Gasteiger partial charge on any atom is -0.390 e. The number of hydrogen-bond acceptors (Lipinski definition) is 4. The van der Waals surface area contributed by atoms with Gasteiger partial charge in [0.2, 0.25) is 0 Å². The molecule has 0 atom stereocenters. The molecule has 19 heavy (non-hydrogen) atoms. The van der Waals surface area contributed by atoms with Crippen LogP contribution in [-0.4, -0.2) is 36.6 Å². The standard InChI is InChI=1S/C12H14N4O3/c1-6(2)15-4-8-10(12(15)19)13-9-3-7(5-17)14-16(9)11(8)18/h3,6,14,17H,4-5H2,1-2H3. The van der Waals surface area contributed by atoms with Crippen LogP contribution in [0.4, 0.5) is 0 Å². The summed E-state index contributed by atoms with van der Waals surface area (Å²) >= 11 is 0. The van der Waals surface area contributed by atoms with Crippen molar-refractivity contribution in [2.24, 2.45) is 0 Å². The first kappa shape index (κ1) is 11.9. The topological polar surface area (TPSA) is 90.7 Å². The van der Waals surface area contributed by atoms with Gasteiger partial charge in [-0.05, 0) is 13.8 Å². The summed E-state index contributed by atoms with van der Waals surface area (Å²) in [6, 6.07) is 1.59. The molecule has 0 saturated heterocycles. The van der Waals surface area contributed by atoms with E-state index in [1.54, 1.807) is 11.0 Å². The highest BCUT2D eigenvalue weighted by atomic mass is 16.3. The summed E-state index contributed by atoms with van der Waals surface area (Å²) in [5, 5.41) is 11.8. The van der Waals surface area contributed by atoms with Gasteiger partial charge in [0.1, 0.15) is 5.69 Å². The number of carbonyl (C=O) groups excluding carboxylic acids is 1. The molecule has 7 nitrogen and oxygen atoms in total. The van der Waals surface area contributed by atoms with Crippen molar-refractivity contribution in [3.63, 3.8) is 0 Å². The molecule has 100 valence electrons. The Morgan fingerprint density at radius 1 is 1.47 bits per heavy atom. The van der Waals surface area contributed by atoms with Gasteiger partial charge in [-0.15, -0.1) is 0 Å². The molecule has 0 aromatic carbocycles. The molecule has 0 spiro atoms. The lowest BCUT2D eigenvalue weighted by Crippen LogP contribution is -2.31. The Balaban J connectivity index is 2.23. The largest absolute Gasteiger partial charge is 0.390 e. The first-order valence-electron chi connectivity index (χ1n) is 6.08. The highest BCUT2D eigenvalue weighted by molar-refractivity contribution is 5.96. The summed E-state index contributed by atoms with van der Waals surface area (Å²) in [6.45, 7) is 3.88. The molecule has 0 bridgehead atoms. The predicted octanol–water partition coefficient (Wildman–Crippen LogP) is -0.121. The fourth-order valence-electron chi connectivity index (χ4n) is 2.30. The summed E-state index contributed by atoms with van der Waals surface area (Å²) in [4.78, 5) is 30.3. The third-order valence-electron chi connectivity index (χ3n) is 3.35. The van der Waals surface area contributed by atoms with Crippen molar-refractivity contribution in [1.29, 1.82) is 0 Å². The number of aliphatic hydroxyl groups is 1. The molecule has 1 aliphatic heterocycles. The second-order valence-corrected chi connectivity index (χ2v) is 4.90. The Bertz CT molecular complexity index is 728. The van der Waals surface area contributed by atoms with Crippen LogP contribution in [-0.2, 0) is 13.2 Å². The maximum atomic E-state index is 12.3. The summed E-state index contributed by atoms with van der Waals surface area (Å²) in [5.41, 5.74) is 1.19.